The first-order chi connectivity index (χ1) is 14.5. The van der Waals surface area contributed by atoms with E-state index in [1.165, 1.54) is 13.2 Å². The Hall–Kier alpha value is -3.19. The fourth-order valence-corrected chi connectivity index (χ4v) is 3.91. The molecule has 3 aromatic rings. The second kappa shape index (κ2) is 8.67. The number of nitrogens with zero attached hydrogens (tertiary/aromatic N) is 3. The van der Waals surface area contributed by atoms with Gasteiger partial charge in [0.25, 0.3) is 5.56 Å². The number of ether oxygens (including phenoxy) is 1. The number of hydrogen-bond acceptors (Lipinski definition) is 5. The summed E-state index contributed by atoms with van der Waals surface area (Å²) < 4.78 is 5.29. The number of benzene rings is 1. The van der Waals surface area contributed by atoms with Crippen molar-refractivity contribution in [3.8, 4) is 17.1 Å². The summed E-state index contributed by atoms with van der Waals surface area (Å²) in [5.74, 6) is 0.976. The predicted octanol–water partition coefficient (Wildman–Crippen LogP) is 3.05. The highest BCUT2D eigenvalue weighted by Crippen LogP contribution is 2.29. The largest absolute Gasteiger partial charge is 0.481 e. The third-order valence-corrected chi connectivity index (χ3v) is 5.41. The van der Waals surface area contributed by atoms with Gasteiger partial charge in [-0.3, -0.25) is 9.59 Å². The molecular weight excluding hydrogens is 404 g/mol. The summed E-state index contributed by atoms with van der Waals surface area (Å²) in [7, 11) is 1.53. The van der Waals surface area contributed by atoms with E-state index in [0.29, 0.717) is 47.5 Å². The molecule has 1 N–H and O–H groups in total. The molecule has 1 amide bonds. The van der Waals surface area contributed by atoms with Gasteiger partial charge in [0, 0.05) is 36.3 Å². The average Bonchev–Trinajstić information content (AvgIpc) is 3.24. The molecule has 3 heterocycles. The van der Waals surface area contributed by atoms with Crippen LogP contribution < -0.4 is 10.3 Å². The van der Waals surface area contributed by atoms with Crippen molar-refractivity contribution in [2.24, 2.45) is 0 Å². The first-order valence-corrected chi connectivity index (χ1v) is 10.0. The molecule has 1 saturated heterocycles. The van der Waals surface area contributed by atoms with Crippen molar-refractivity contribution in [1.82, 2.24) is 19.9 Å². The lowest BCUT2D eigenvalue weighted by Crippen LogP contribution is -2.30. The van der Waals surface area contributed by atoms with E-state index in [0.717, 1.165) is 12.0 Å². The van der Waals surface area contributed by atoms with Crippen molar-refractivity contribution in [1.29, 1.82) is 0 Å². The molecule has 0 radical (unpaired) electrons. The van der Waals surface area contributed by atoms with Gasteiger partial charge < -0.3 is 14.6 Å². The van der Waals surface area contributed by atoms with E-state index in [4.69, 9.17) is 16.3 Å². The predicted molar refractivity (Wildman–Crippen MR) is 114 cm³/mol. The topological polar surface area (TPSA) is 88.2 Å². The molecule has 0 saturated carbocycles. The van der Waals surface area contributed by atoms with Crippen LogP contribution in [0.5, 0.6) is 5.88 Å². The highest BCUT2D eigenvalue weighted by Gasteiger charge is 2.29. The van der Waals surface area contributed by atoms with Crippen molar-refractivity contribution in [3.05, 3.63) is 75.4 Å². The Morgan fingerprint density at radius 1 is 1.30 bits per heavy atom. The maximum Gasteiger partial charge on any atom is 0.251 e. The number of nitrogens with one attached hydrogen (secondary N) is 1. The number of aromatic amines is 1. The molecule has 1 aromatic carbocycles. The number of aromatic nitrogens is 3. The van der Waals surface area contributed by atoms with Gasteiger partial charge in [0.05, 0.1) is 24.8 Å². The van der Waals surface area contributed by atoms with Crippen molar-refractivity contribution in [3.63, 3.8) is 0 Å². The fraction of sp³-hybridized carbons (Fsp3) is 0.273. The van der Waals surface area contributed by atoms with Gasteiger partial charge in [0.2, 0.25) is 11.8 Å². The Labute approximate surface area is 178 Å². The quantitative estimate of drug-likeness (QED) is 0.680. The van der Waals surface area contributed by atoms with Crippen LogP contribution in [0.25, 0.3) is 11.3 Å². The van der Waals surface area contributed by atoms with Gasteiger partial charge in [-0.15, -0.1) is 0 Å². The maximum absolute atomic E-state index is 12.7. The number of hydrogen-bond donors (Lipinski definition) is 1. The highest BCUT2D eigenvalue weighted by molar-refractivity contribution is 6.30. The number of likely N-dealkylation sites (tertiary alicyclic amines) is 1. The van der Waals surface area contributed by atoms with Crippen LogP contribution in [-0.4, -0.2) is 46.0 Å². The van der Waals surface area contributed by atoms with Crippen LogP contribution >= 0.6 is 11.6 Å². The molecule has 1 fully saturated rings. The van der Waals surface area contributed by atoms with Crippen LogP contribution in [0.2, 0.25) is 5.02 Å². The molecule has 1 atom stereocenters. The van der Waals surface area contributed by atoms with Gasteiger partial charge in [0.15, 0.2) is 0 Å². The van der Waals surface area contributed by atoms with Crippen LogP contribution in [-0.2, 0) is 11.2 Å². The Morgan fingerprint density at radius 3 is 2.97 bits per heavy atom. The lowest BCUT2D eigenvalue weighted by molar-refractivity contribution is -0.129. The van der Waals surface area contributed by atoms with E-state index < -0.39 is 0 Å². The third-order valence-electron chi connectivity index (χ3n) is 5.17. The highest BCUT2D eigenvalue weighted by atomic mass is 35.5. The minimum Gasteiger partial charge on any atom is -0.481 e. The Bertz CT molecular complexity index is 1130. The number of rotatable bonds is 5. The number of carbonyl (C=O) groups is 1. The van der Waals surface area contributed by atoms with E-state index in [9.17, 15) is 9.59 Å². The first-order valence-electron chi connectivity index (χ1n) is 9.66. The Morgan fingerprint density at radius 2 is 2.17 bits per heavy atom. The molecule has 1 aliphatic heterocycles. The summed E-state index contributed by atoms with van der Waals surface area (Å²) in [6, 6.07) is 12.3. The molecule has 0 bridgehead atoms. The van der Waals surface area contributed by atoms with Crippen LogP contribution in [0, 0.1) is 0 Å². The molecule has 7 nitrogen and oxygen atoms in total. The standard InChI is InChI=1S/C22H21ClN4O3/c1-30-22-17(6-3-8-24-22)18-12-19(28)26-21(25-18)15-7-9-27(13-15)20(29)11-14-4-2-5-16(23)10-14/h2-6,8,10,12,15H,7,9,11,13H2,1H3,(H,25,26,28)/t15-/m0/s1. The number of H-pyrrole nitrogens is 1. The Balaban J connectivity index is 1.52. The average molecular weight is 425 g/mol. The summed E-state index contributed by atoms with van der Waals surface area (Å²) >= 11 is 6.01. The summed E-state index contributed by atoms with van der Waals surface area (Å²) in [4.78, 5) is 38.5. The zero-order valence-corrected chi connectivity index (χ0v) is 17.2. The van der Waals surface area contributed by atoms with Crippen molar-refractivity contribution >= 4 is 17.5 Å². The van der Waals surface area contributed by atoms with Gasteiger partial charge >= 0.3 is 0 Å². The minimum absolute atomic E-state index is 0.0344. The molecule has 0 unspecified atom stereocenters. The van der Waals surface area contributed by atoms with Crippen molar-refractivity contribution in [2.45, 2.75) is 18.8 Å². The Kier molecular flexibility index (Phi) is 5.81. The molecule has 1 aliphatic rings. The number of amides is 1. The lowest BCUT2D eigenvalue weighted by atomic mass is 10.1. The normalized spacial score (nSPS) is 15.9. The zero-order chi connectivity index (χ0) is 21.1. The number of carbonyl (C=O) groups excluding carboxylic acids is 1. The van der Waals surface area contributed by atoms with Crippen molar-refractivity contribution < 1.29 is 9.53 Å². The first kappa shape index (κ1) is 20.1. The monoisotopic (exact) mass is 424 g/mol. The van der Waals surface area contributed by atoms with Gasteiger partial charge in [-0.05, 0) is 36.2 Å². The smallest absolute Gasteiger partial charge is 0.251 e. The summed E-state index contributed by atoms with van der Waals surface area (Å²) in [6.45, 7) is 1.13. The van der Waals surface area contributed by atoms with Crippen molar-refractivity contribution in [2.75, 3.05) is 20.2 Å². The molecule has 8 heteroatoms. The molecule has 0 aliphatic carbocycles. The fourth-order valence-electron chi connectivity index (χ4n) is 3.70. The number of methoxy groups -OCH3 is 1. The number of pyridine rings is 1. The van der Waals surface area contributed by atoms with Gasteiger partial charge in [-0.2, -0.15) is 0 Å². The van der Waals surface area contributed by atoms with Crippen LogP contribution in [0.3, 0.4) is 0 Å². The maximum atomic E-state index is 12.7. The molecular formula is C22H21ClN4O3. The summed E-state index contributed by atoms with van der Waals surface area (Å²) in [5.41, 5.74) is 1.79. The zero-order valence-electron chi connectivity index (χ0n) is 16.5. The van der Waals surface area contributed by atoms with Crippen LogP contribution in [0.4, 0.5) is 0 Å². The second-order valence-electron chi connectivity index (χ2n) is 7.21. The minimum atomic E-state index is -0.246. The molecule has 2 aromatic heterocycles. The molecule has 30 heavy (non-hydrogen) atoms. The molecule has 154 valence electrons. The summed E-state index contributed by atoms with van der Waals surface area (Å²) in [6.07, 6.45) is 2.65. The van der Waals surface area contributed by atoms with E-state index in [2.05, 4.69) is 15.0 Å². The second-order valence-corrected chi connectivity index (χ2v) is 7.64. The van der Waals surface area contributed by atoms with E-state index in [1.807, 2.05) is 23.1 Å². The molecule has 4 rings (SSSR count). The van der Waals surface area contributed by atoms with Crippen LogP contribution in [0.15, 0.2) is 53.5 Å². The van der Waals surface area contributed by atoms with E-state index in [1.54, 1.807) is 24.4 Å². The van der Waals surface area contributed by atoms with Gasteiger partial charge in [-0.1, -0.05) is 23.7 Å². The van der Waals surface area contributed by atoms with Crippen LogP contribution in [0.1, 0.15) is 23.7 Å². The van der Waals surface area contributed by atoms with Gasteiger partial charge in [-0.25, -0.2) is 9.97 Å². The van der Waals surface area contributed by atoms with E-state index in [-0.39, 0.29) is 17.4 Å². The third kappa shape index (κ3) is 4.36. The van der Waals surface area contributed by atoms with E-state index >= 15 is 0 Å². The number of halogens is 1. The molecule has 0 spiro atoms. The lowest BCUT2D eigenvalue weighted by Gasteiger charge is -2.17. The summed E-state index contributed by atoms with van der Waals surface area (Å²) in [5, 5.41) is 0.615. The van der Waals surface area contributed by atoms with Gasteiger partial charge in [0.1, 0.15) is 5.82 Å². The SMILES string of the molecule is COc1ncccc1-c1cc(=O)[nH]c([C@H]2CCN(C(=O)Cc3cccc(Cl)c3)C2)n1.